The molecule has 6 heteroatoms. The minimum Gasteiger partial charge on any atom is -0.481 e. The van der Waals surface area contributed by atoms with Crippen LogP contribution in [0.5, 0.6) is 0 Å². The highest BCUT2D eigenvalue weighted by Gasteiger charge is 2.31. The monoisotopic (exact) mass is 294 g/mol. The first-order chi connectivity index (χ1) is 9.97. The highest BCUT2D eigenvalue weighted by molar-refractivity contribution is 5.76. The van der Waals surface area contributed by atoms with Crippen molar-refractivity contribution in [1.29, 1.82) is 0 Å². The molecule has 1 N–H and O–H groups in total. The van der Waals surface area contributed by atoms with E-state index in [0.717, 1.165) is 18.4 Å². The fourth-order valence-electron chi connectivity index (χ4n) is 2.65. The van der Waals surface area contributed by atoms with Crippen LogP contribution in [0.4, 0.5) is 9.18 Å². The number of aliphatic carboxylic acids is 1. The molecule has 0 saturated carbocycles. The van der Waals surface area contributed by atoms with Crippen LogP contribution in [0, 0.1) is 5.82 Å². The number of hydrogen-bond donors (Lipinski definition) is 1. The van der Waals surface area contributed by atoms with Gasteiger partial charge in [0.15, 0.2) is 0 Å². The molecular weight excluding hydrogens is 275 g/mol. The third-order valence-corrected chi connectivity index (χ3v) is 3.69. The molecule has 21 heavy (non-hydrogen) atoms. The second kappa shape index (κ2) is 6.56. The average molecular weight is 294 g/mol. The van der Waals surface area contributed by atoms with E-state index in [-0.39, 0.29) is 24.3 Å². The zero-order valence-corrected chi connectivity index (χ0v) is 12.0. The Morgan fingerprint density at radius 1 is 1.38 bits per heavy atom. The van der Waals surface area contributed by atoms with Gasteiger partial charge in [0.25, 0.3) is 0 Å². The number of carboxylic acids is 1. The van der Waals surface area contributed by atoms with E-state index in [4.69, 9.17) is 5.11 Å². The number of carbonyl (C=O) groups is 2. The second-order valence-corrected chi connectivity index (χ2v) is 5.35. The summed E-state index contributed by atoms with van der Waals surface area (Å²) in [5, 5.41) is 8.89. The van der Waals surface area contributed by atoms with Crippen molar-refractivity contribution in [1.82, 2.24) is 9.80 Å². The Kier molecular flexibility index (Phi) is 4.77. The van der Waals surface area contributed by atoms with E-state index in [2.05, 4.69) is 0 Å². The van der Waals surface area contributed by atoms with Gasteiger partial charge in [-0.25, -0.2) is 9.18 Å². The lowest BCUT2D eigenvalue weighted by molar-refractivity contribution is -0.138. The molecule has 1 aliphatic heterocycles. The molecule has 1 fully saturated rings. The Bertz CT molecular complexity index is 518. The van der Waals surface area contributed by atoms with Crippen LogP contribution in [0.1, 0.15) is 24.8 Å². The van der Waals surface area contributed by atoms with E-state index in [1.807, 2.05) is 0 Å². The number of carbonyl (C=O) groups excluding carboxylic acids is 1. The Labute approximate surface area is 123 Å². The standard InChI is InChI=1S/C15H19FN2O3/c1-17(10-11-4-6-12(16)7-5-11)15(21)18-8-2-3-13(18)9-14(19)20/h4-7,13H,2-3,8-10H2,1H3,(H,19,20). The molecule has 1 heterocycles. The number of halogens is 1. The van der Waals surface area contributed by atoms with Gasteiger partial charge in [-0.1, -0.05) is 12.1 Å². The summed E-state index contributed by atoms with van der Waals surface area (Å²) in [6, 6.07) is 5.58. The van der Waals surface area contributed by atoms with E-state index in [0.29, 0.717) is 13.1 Å². The van der Waals surface area contributed by atoms with Crippen molar-refractivity contribution in [3.63, 3.8) is 0 Å². The van der Waals surface area contributed by atoms with Crippen molar-refractivity contribution in [2.45, 2.75) is 31.8 Å². The topological polar surface area (TPSA) is 60.9 Å². The highest BCUT2D eigenvalue weighted by Crippen LogP contribution is 2.22. The molecule has 2 rings (SSSR count). The summed E-state index contributed by atoms with van der Waals surface area (Å²) in [6.45, 7) is 0.958. The number of rotatable bonds is 4. The summed E-state index contributed by atoms with van der Waals surface area (Å²) in [7, 11) is 1.67. The van der Waals surface area contributed by atoms with Crippen molar-refractivity contribution in [2.75, 3.05) is 13.6 Å². The second-order valence-electron chi connectivity index (χ2n) is 5.35. The summed E-state index contributed by atoms with van der Waals surface area (Å²) in [4.78, 5) is 26.4. The van der Waals surface area contributed by atoms with Gasteiger partial charge in [-0.2, -0.15) is 0 Å². The molecule has 0 aliphatic carbocycles. The molecule has 1 saturated heterocycles. The SMILES string of the molecule is CN(Cc1ccc(F)cc1)C(=O)N1CCCC1CC(=O)O. The molecule has 1 aromatic rings. The van der Waals surface area contributed by atoms with Crippen LogP contribution in [0.15, 0.2) is 24.3 Å². The third-order valence-electron chi connectivity index (χ3n) is 3.69. The summed E-state index contributed by atoms with van der Waals surface area (Å²) in [5.74, 6) is -1.20. The van der Waals surface area contributed by atoms with E-state index in [9.17, 15) is 14.0 Å². The number of carboxylic acid groups (broad SMARTS) is 1. The molecule has 1 unspecified atom stereocenters. The molecule has 1 aromatic carbocycles. The molecule has 1 aliphatic rings. The zero-order valence-electron chi connectivity index (χ0n) is 12.0. The third kappa shape index (κ3) is 3.93. The highest BCUT2D eigenvalue weighted by atomic mass is 19.1. The van der Waals surface area contributed by atoms with Gasteiger partial charge in [0.05, 0.1) is 6.42 Å². The minimum atomic E-state index is -0.888. The van der Waals surface area contributed by atoms with Crippen molar-refractivity contribution < 1.29 is 19.1 Å². The molecule has 114 valence electrons. The number of hydrogen-bond acceptors (Lipinski definition) is 2. The first-order valence-electron chi connectivity index (χ1n) is 6.95. The van der Waals surface area contributed by atoms with E-state index >= 15 is 0 Å². The lowest BCUT2D eigenvalue weighted by Gasteiger charge is -2.29. The number of benzene rings is 1. The van der Waals surface area contributed by atoms with Gasteiger partial charge in [-0.05, 0) is 30.5 Å². The van der Waals surface area contributed by atoms with Crippen LogP contribution in [0.25, 0.3) is 0 Å². The zero-order chi connectivity index (χ0) is 15.4. The number of likely N-dealkylation sites (tertiary alicyclic amines) is 1. The van der Waals surface area contributed by atoms with Gasteiger partial charge < -0.3 is 14.9 Å². The summed E-state index contributed by atoms with van der Waals surface area (Å²) in [6.07, 6.45) is 1.53. The van der Waals surface area contributed by atoms with Crippen molar-refractivity contribution in [2.24, 2.45) is 0 Å². The molecule has 1 atom stereocenters. The average Bonchev–Trinajstić information content (AvgIpc) is 2.87. The van der Waals surface area contributed by atoms with Crippen LogP contribution in [-0.2, 0) is 11.3 Å². The first kappa shape index (κ1) is 15.3. The van der Waals surface area contributed by atoms with E-state index in [1.165, 1.54) is 17.0 Å². The van der Waals surface area contributed by atoms with Crippen LogP contribution in [0.2, 0.25) is 0 Å². The predicted octanol–water partition coefficient (Wildman–Crippen LogP) is 2.32. The van der Waals surface area contributed by atoms with Gasteiger partial charge in [-0.15, -0.1) is 0 Å². The van der Waals surface area contributed by atoms with Gasteiger partial charge >= 0.3 is 12.0 Å². The lowest BCUT2D eigenvalue weighted by atomic mass is 10.1. The Morgan fingerprint density at radius 2 is 2.05 bits per heavy atom. The number of nitrogens with zero attached hydrogens (tertiary/aromatic N) is 2. The fraction of sp³-hybridized carbons (Fsp3) is 0.467. The largest absolute Gasteiger partial charge is 0.481 e. The maximum atomic E-state index is 12.9. The molecule has 0 bridgehead atoms. The van der Waals surface area contributed by atoms with Crippen molar-refractivity contribution in [3.05, 3.63) is 35.6 Å². The molecular formula is C15H19FN2O3. The smallest absolute Gasteiger partial charge is 0.320 e. The molecule has 2 amide bonds. The van der Waals surface area contributed by atoms with Gasteiger partial charge in [0.1, 0.15) is 5.82 Å². The summed E-state index contributed by atoms with van der Waals surface area (Å²) >= 11 is 0. The Morgan fingerprint density at radius 3 is 2.67 bits per heavy atom. The van der Waals surface area contributed by atoms with E-state index in [1.54, 1.807) is 24.1 Å². The normalized spacial score (nSPS) is 17.8. The van der Waals surface area contributed by atoms with E-state index < -0.39 is 5.97 Å². The first-order valence-corrected chi connectivity index (χ1v) is 6.95. The predicted molar refractivity (Wildman–Crippen MR) is 75.2 cm³/mol. The number of amides is 2. The maximum absolute atomic E-state index is 12.9. The Hall–Kier alpha value is -2.11. The fourth-order valence-corrected chi connectivity index (χ4v) is 2.65. The molecule has 0 aromatic heterocycles. The maximum Gasteiger partial charge on any atom is 0.320 e. The quantitative estimate of drug-likeness (QED) is 0.927. The van der Waals surface area contributed by atoms with Crippen LogP contribution < -0.4 is 0 Å². The van der Waals surface area contributed by atoms with Gasteiger partial charge in [0.2, 0.25) is 0 Å². The van der Waals surface area contributed by atoms with Crippen LogP contribution in [-0.4, -0.2) is 46.5 Å². The summed E-state index contributed by atoms with van der Waals surface area (Å²) < 4.78 is 12.9. The lowest BCUT2D eigenvalue weighted by Crippen LogP contribution is -2.44. The van der Waals surface area contributed by atoms with Gasteiger partial charge in [-0.3, -0.25) is 4.79 Å². The Balaban J connectivity index is 1.98. The molecule has 0 spiro atoms. The minimum absolute atomic E-state index is 0.0177. The number of urea groups is 1. The van der Waals surface area contributed by atoms with Crippen LogP contribution in [0.3, 0.4) is 0 Å². The molecule has 5 nitrogen and oxygen atoms in total. The van der Waals surface area contributed by atoms with Crippen LogP contribution >= 0.6 is 0 Å². The van der Waals surface area contributed by atoms with Crippen molar-refractivity contribution in [3.8, 4) is 0 Å². The van der Waals surface area contributed by atoms with Gasteiger partial charge in [0, 0.05) is 26.2 Å². The molecule has 0 radical (unpaired) electrons. The van der Waals surface area contributed by atoms with Crippen molar-refractivity contribution >= 4 is 12.0 Å². The summed E-state index contributed by atoms with van der Waals surface area (Å²) in [5.41, 5.74) is 0.834.